The van der Waals surface area contributed by atoms with Crippen LogP contribution in [-0.2, 0) is 21.9 Å². The molecule has 0 heterocycles. The number of benzene rings is 2. The van der Waals surface area contributed by atoms with Crippen molar-refractivity contribution in [3.63, 3.8) is 0 Å². The Balaban J connectivity index is 2.03. The first-order valence-corrected chi connectivity index (χ1v) is 10.9. The van der Waals surface area contributed by atoms with Crippen molar-refractivity contribution in [2.75, 3.05) is 5.75 Å². The van der Waals surface area contributed by atoms with Crippen LogP contribution in [0.15, 0.2) is 60.7 Å². The largest absolute Gasteiger partial charge is 0.352 e. The third-order valence-corrected chi connectivity index (χ3v) is 5.69. The van der Waals surface area contributed by atoms with Crippen LogP contribution in [-0.4, -0.2) is 34.6 Å². The van der Waals surface area contributed by atoms with Crippen molar-refractivity contribution >= 4 is 23.6 Å². The van der Waals surface area contributed by atoms with Crippen LogP contribution in [0.5, 0.6) is 0 Å². The zero-order chi connectivity index (χ0) is 20.4. The summed E-state index contributed by atoms with van der Waals surface area (Å²) < 4.78 is 0. The van der Waals surface area contributed by atoms with E-state index in [1.165, 1.54) is 5.56 Å². The third-order valence-electron chi connectivity index (χ3n) is 4.70. The fraction of sp³-hybridized carbons (Fsp3) is 0.391. The third kappa shape index (κ3) is 7.04. The fourth-order valence-electron chi connectivity index (χ4n) is 2.74. The molecule has 0 saturated carbocycles. The molecule has 28 heavy (non-hydrogen) atoms. The summed E-state index contributed by atoms with van der Waals surface area (Å²) in [4.78, 5) is 27.3. The minimum absolute atomic E-state index is 0.0171. The molecule has 0 fully saturated rings. The minimum atomic E-state index is -0.515. The van der Waals surface area contributed by atoms with E-state index in [-0.39, 0.29) is 17.9 Å². The Hall–Kier alpha value is -2.27. The van der Waals surface area contributed by atoms with Gasteiger partial charge in [-0.3, -0.25) is 9.59 Å². The topological polar surface area (TPSA) is 49.4 Å². The van der Waals surface area contributed by atoms with Crippen molar-refractivity contribution in [1.29, 1.82) is 0 Å². The predicted molar refractivity (Wildman–Crippen MR) is 117 cm³/mol. The molecule has 150 valence electrons. The second-order valence-electron chi connectivity index (χ2n) is 6.98. The van der Waals surface area contributed by atoms with E-state index >= 15 is 0 Å². The summed E-state index contributed by atoms with van der Waals surface area (Å²) in [6.07, 6.45) is 0.859. The van der Waals surface area contributed by atoms with Gasteiger partial charge in [-0.25, -0.2) is 0 Å². The van der Waals surface area contributed by atoms with Crippen LogP contribution in [0.25, 0.3) is 0 Å². The van der Waals surface area contributed by atoms with Crippen LogP contribution >= 0.6 is 11.8 Å². The summed E-state index contributed by atoms with van der Waals surface area (Å²) in [6, 6.07) is 19.5. The molecule has 0 aromatic heterocycles. The van der Waals surface area contributed by atoms with Gasteiger partial charge in [-0.2, -0.15) is 0 Å². The summed E-state index contributed by atoms with van der Waals surface area (Å²) in [5, 5.41) is 2.99. The maximum Gasteiger partial charge on any atom is 0.242 e. The van der Waals surface area contributed by atoms with Gasteiger partial charge in [-0.1, -0.05) is 67.6 Å². The number of carbonyl (C=O) groups is 2. The van der Waals surface area contributed by atoms with Gasteiger partial charge in [0.15, 0.2) is 0 Å². The number of thioether (sulfide) groups is 1. The molecule has 0 aliphatic carbocycles. The molecule has 0 unspecified atom stereocenters. The Morgan fingerprint density at radius 2 is 1.54 bits per heavy atom. The van der Waals surface area contributed by atoms with Crippen LogP contribution in [0.4, 0.5) is 0 Å². The first-order valence-electron chi connectivity index (χ1n) is 9.76. The monoisotopic (exact) mass is 398 g/mol. The highest BCUT2D eigenvalue weighted by Crippen LogP contribution is 2.16. The van der Waals surface area contributed by atoms with Gasteiger partial charge in [0.2, 0.25) is 11.8 Å². The van der Waals surface area contributed by atoms with E-state index in [1.807, 2.05) is 62.4 Å². The molecular formula is C23H30N2O2S. The number of hydrogen-bond donors (Lipinski definition) is 1. The second kappa shape index (κ2) is 11.5. The summed E-state index contributed by atoms with van der Waals surface area (Å²) in [5.74, 6) is 1.00. The lowest BCUT2D eigenvalue weighted by Crippen LogP contribution is -2.50. The van der Waals surface area contributed by atoms with Crippen LogP contribution in [0.1, 0.15) is 38.3 Å². The zero-order valence-electron chi connectivity index (χ0n) is 16.9. The Morgan fingerprint density at radius 1 is 0.964 bits per heavy atom. The first kappa shape index (κ1) is 22.0. The van der Waals surface area contributed by atoms with Gasteiger partial charge >= 0.3 is 0 Å². The number of carbonyl (C=O) groups excluding carboxylic acids is 2. The van der Waals surface area contributed by atoms with Crippen LogP contribution < -0.4 is 5.32 Å². The van der Waals surface area contributed by atoms with Gasteiger partial charge < -0.3 is 10.2 Å². The second-order valence-corrected chi connectivity index (χ2v) is 7.97. The van der Waals surface area contributed by atoms with Crippen LogP contribution in [0.3, 0.4) is 0 Å². The minimum Gasteiger partial charge on any atom is -0.352 e. The number of nitrogens with one attached hydrogen (secondary N) is 1. The number of hydrogen-bond acceptors (Lipinski definition) is 3. The van der Waals surface area contributed by atoms with Crippen molar-refractivity contribution in [2.45, 2.75) is 51.6 Å². The quantitative estimate of drug-likeness (QED) is 0.651. The molecule has 2 rings (SSSR count). The predicted octanol–water partition coefficient (Wildman–Crippen LogP) is 4.25. The highest BCUT2D eigenvalue weighted by molar-refractivity contribution is 7.99. The van der Waals surface area contributed by atoms with E-state index in [2.05, 4.69) is 17.4 Å². The summed E-state index contributed by atoms with van der Waals surface area (Å²) in [7, 11) is 0. The van der Waals surface area contributed by atoms with E-state index in [9.17, 15) is 9.59 Å². The van der Waals surface area contributed by atoms with E-state index in [4.69, 9.17) is 0 Å². The highest BCUT2D eigenvalue weighted by Gasteiger charge is 2.26. The van der Waals surface area contributed by atoms with Crippen molar-refractivity contribution in [2.24, 2.45) is 0 Å². The number of nitrogens with zero attached hydrogens (tertiary/aromatic N) is 1. The van der Waals surface area contributed by atoms with E-state index in [0.717, 1.165) is 17.7 Å². The average molecular weight is 399 g/mol. The maximum atomic E-state index is 13.0. The molecule has 2 atom stereocenters. The van der Waals surface area contributed by atoms with Gasteiger partial charge in [0.05, 0.1) is 5.75 Å². The molecule has 1 N–H and O–H groups in total. The Kier molecular flexibility index (Phi) is 9.08. The number of rotatable bonds is 10. The van der Waals surface area contributed by atoms with Gasteiger partial charge in [-0.05, 0) is 31.4 Å². The summed E-state index contributed by atoms with van der Waals surface area (Å²) in [6.45, 7) is 6.24. The molecule has 0 spiro atoms. The van der Waals surface area contributed by atoms with E-state index in [0.29, 0.717) is 12.3 Å². The van der Waals surface area contributed by atoms with Crippen LogP contribution in [0, 0.1) is 0 Å². The highest BCUT2D eigenvalue weighted by atomic mass is 32.2. The first-order chi connectivity index (χ1) is 13.5. The molecule has 5 heteroatoms. The fourth-order valence-corrected chi connectivity index (χ4v) is 3.61. The lowest BCUT2D eigenvalue weighted by molar-refractivity contribution is -0.138. The molecule has 0 saturated heterocycles. The normalized spacial score (nSPS) is 12.8. The molecule has 2 aromatic rings. The lowest BCUT2D eigenvalue weighted by Gasteiger charge is -2.29. The SMILES string of the molecule is CC[C@H](C)NC(=O)[C@H](C)N(Cc1ccccc1)C(=O)CSCc1ccccc1. The van der Waals surface area contributed by atoms with Crippen molar-refractivity contribution in [3.8, 4) is 0 Å². The lowest BCUT2D eigenvalue weighted by atomic mass is 10.1. The van der Waals surface area contributed by atoms with Gasteiger partial charge in [0.1, 0.15) is 6.04 Å². The Labute approximate surface area is 172 Å². The Bertz CT molecular complexity index is 737. The summed E-state index contributed by atoms with van der Waals surface area (Å²) in [5.41, 5.74) is 2.21. The van der Waals surface area contributed by atoms with Crippen molar-refractivity contribution in [3.05, 3.63) is 71.8 Å². The molecule has 0 aliphatic rings. The molecule has 2 amide bonds. The van der Waals surface area contributed by atoms with Gasteiger partial charge in [-0.15, -0.1) is 11.8 Å². The van der Waals surface area contributed by atoms with E-state index in [1.54, 1.807) is 23.6 Å². The average Bonchev–Trinajstić information content (AvgIpc) is 2.72. The van der Waals surface area contributed by atoms with Gasteiger partial charge in [0.25, 0.3) is 0 Å². The Morgan fingerprint density at radius 3 is 2.11 bits per heavy atom. The van der Waals surface area contributed by atoms with Crippen molar-refractivity contribution < 1.29 is 9.59 Å². The number of amides is 2. The zero-order valence-corrected chi connectivity index (χ0v) is 17.7. The molecular weight excluding hydrogens is 368 g/mol. The maximum absolute atomic E-state index is 13.0. The van der Waals surface area contributed by atoms with Crippen molar-refractivity contribution in [1.82, 2.24) is 10.2 Å². The molecule has 4 nitrogen and oxygen atoms in total. The molecule has 0 aliphatic heterocycles. The molecule has 2 aromatic carbocycles. The molecule has 0 radical (unpaired) electrons. The smallest absolute Gasteiger partial charge is 0.242 e. The summed E-state index contributed by atoms with van der Waals surface area (Å²) >= 11 is 1.58. The standard InChI is InChI=1S/C23H30N2O2S/c1-4-18(2)24-23(27)19(3)25(15-20-11-7-5-8-12-20)22(26)17-28-16-21-13-9-6-10-14-21/h5-14,18-19H,4,15-17H2,1-3H3,(H,24,27)/t18-,19-/m0/s1. The van der Waals surface area contributed by atoms with Gasteiger partial charge in [0, 0.05) is 18.3 Å². The van der Waals surface area contributed by atoms with Crippen LogP contribution in [0.2, 0.25) is 0 Å². The van der Waals surface area contributed by atoms with E-state index < -0.39 is 6.04 Å². The molecule has 0 bridgehead atoms.